The third-order valence-corrected chi connectivity index (χ3v) is 2.46. The van der Waals surface area contributed by atoms with Gasteiger partial charge in [-0.3, -0.25) is 14.8 Å². The largest absolute Gasteiger partial charge is 0.350 e. The van der Waals surface area contributed by atoms with Crippen molar-refractivity contribution in [2.75, 3.05) is 12.0 Å². The van der Waals surface area contributed by atoms with Gasteiger partial charge in [0.25, 0.3) is 5.91 Å². The SMILES string of the molecule is NNc1cncc(C(=O)NCCc2ccncc2)n1. The lowest BCUT2D eigenvalue weighted by atomic mass is 10.2. The molecule has 0 saturated heterocycles. The number of carbonyl (C=O) groups excluding carboxylic acids is 1. The minimum Gasteiger partial charge on any atom is -0.350 e. The number of nitrogens with two attached hydrogens (primary N) is 1. The van der Waals surface area contributed by atoms with Crippen molar-refractivity contribution >= 4 is 11.7 Å². The Morgan fingerprint density at radius 2 is 2.00 bits per heavy atom. The van der Waals surface area contributed by atoms with E-state index in [9.17, 15) is 4.79 Å². The number of hydrogen-bond acceptors (Lipinski definition) is 6. The topological polar surface area (TPSA) is 106 Å². The summed E-state index contributed by atoms with van der Waals surface area (Å²) in [5.74, 6) is 5.27. The maximum Gasteiger partial charge on any atom is 0.271 e. The number of nitrogen functional groups attached to an aromatic ring is 1. The molecule has 0 aromatic carbocycles. The van der Waals surface area contributed by atoms with E-state index in [1.807, 2.05) is 12.1 Å². The van der Waals surface area contributed by atoms with E-state index in [-0.39, 0.29) is 11.6 Å². The number of carbonyl (C=O) groups is 1. The first-order chi connectivity index (χ1) is 9.29. The molecule has 0 aliphatic carbocycles. The van der Waals surface area contributed by atoms with Crippen molar-refractivity contribution in [2.45, 2.75) is 6.42 Å². The molecule has 2 rings (SSSR count). The van der Waals surface area contributed by atoms with E-state index in [1.165, 1.54) is 12.4 Å². The highest BCUT2D eigenvalue weighted by Crippen LogP contribution is 2.00. The molecule has 2 heterocycles. The maximum atomic E-state index is 11.8. The summed E-state index contributed by atoms with van der Waals surface area (Å²) in [6, 6.07) is 3.82. The first-order valence-electron chi connectivity index (χ1n) is 5.75. The van der Waals surface area contributed by atoms with Gasteiger partial charge in [0.1, 0.15) is 5.69 Å². The molecule has 0 aliphatic rings. The molecule has 0 radical (unpaired) electrons. The van der Waals surface area contributed by atoms with Crippen molar-refractivity contribution in [3.63, 3.8) is 0 Å². The Morgan fingerprint density at radius 3 is 2.74 bits per heavy atom. The van der Waals surface area contributed by atoms with Crippen LogP contribution in [0.4, 0.5) is 5.82 Å². The van der Waals surface area contributed by atoms with Crippen LogP contribution in [-0.2, 0) is 6.42 Å². The molecule has 98 valence electrons. The lowest BCUT2D eigenvalue weighted by molar-refractivity contribution is 0.0949. The van der Waals surface area contributed by atoms with Crippen molar-refractivity contribution in [3.05, 3.63) is 48.2 Å². The molecule has 7 heteroatoms. The predicted molar refractivity (Wildman–Crippen MR) is 70.1 cm³/mol. The molecule has 0 saturated carbocycles. The lowest BCUT2D eigenvalue weighted by Gasteiger charge is -2.05. The van der Waals surface area contributed by atoms with Gasteiger partial charge in [-0.05, 0) is 24.1 Å². The van der Waals surface area contributed by atoms with E-state index in [2.05, 4.69) is 25.7 Å². The van der Waals surface area contributed by atoms with Crippen molar-refractivity contribution in [1.29, 1.82) is 0 Å². The van der Waals surface area contributed by atoms with E-state index >= 15 is 0 Å². The van der Waals surface area contributed by atoms with Crippen LogP contribution in [0.1, 0.15) is 16.1 Å². The van der Waals surface area contributed by atoms with Crippen molar-refractivity contribution < 1.29 is 4.79 Å². The van der Waals surface area contributed by atoms with Crippen LogP contribution in [0.25, 0.3) is 0 Å². The van der Waals surface area contributed by atoms with Crippen LogP contribution < -0.4 is 16.6 Å². The van der Waals surface area contributed by atoms with Gasteiger partial charge in [0.05, 0.1) is 12.4 Å². The highest BCUT2D eigenvalue weighted by molar-refractivity contribution is 5.92. The summed E-state index contributed by atoms with van der Waals surface area (Å²) in [4.78, 5) is 23.6. The number of hydrogen-bond donors (Lipinski definition) is 3. The van der Waals surface area contributed by atoms with E-state index in [0.717, 1.165) is 12.0 Å². The second-order valence-electron chi connectivity index (χ2n) is 3.80. The van der Waals surface area contributed by atoms with Crippen LogP contribution in [0.5, 0.6) is 0 Å². The minimum absolute atomic E-state index is 0.227. The highest BCUT2D eigenvalue weighted by atomic mass is 16.1. The molecule has 0 aliphatic heterocycles. The van der Waals surface area contributed by atoms with Gasteiger partial charge >= 0.3 is 0 Å². The Balaban J connectivity index is 1.87. The molecule has 2 aromatic heterocycles. The Hall–Kier alpha value is -2.54. The van der Waals surface area contributed by atoms with E-state index in [1.54, 1.807) is 12.4 Å². The summed E-state index contributed by atoms with van der Waals surface area (Å²) >= 11 is 0. The molecule has 0 spiro atoms. The lowest BCUT2D eigenvalue weighted by Crippen LogP contribution is -2.27. The molecule has 0 fully saturated rings. The standard InChI is InChI=1S/C12H14N6O/c13-18-11-8-15-7-10(17-11)12(19)16-6-3-9-1-4-14-5-2-9/h1-2,4-5,7-8H,3,6,13H2,(H,16,19)(H,17,18). The fraction of sp³-hybridized carbons (Fsp3) is 0.167. The van der Waals surface area contributed by atoms with Crippen LogP contribution in [0.15, 0.2) is 36.9 Å². The van der Waals surface area contributed by atoms with Gasteiger partial charge < -0.3 is 10.7 Å². The van der Waals surface area contributed by atoms with Gasteiger partial charge in [-0.15, -0.1) is 0 Å². The third-order valence-electron chi connectivity index (χ3n) is 2.46. The summed E-state index contributed by atoms with van der Waals surface area (Å²) in [5.41, 5.74) is 3.68. The monoisotopic (exact) mass is 258 g/mol. The van der Waals surface area contributed by atoms with Crippen LogP contribution in [-0.4, -0.2) is 27.4 Å². The molecule has 0 atom stereocenters. The second kappa shape index (κ2) is 6.41. The van der Waals surface area contributed by atoms with Crippen molar-refractivity contribution in [2.24, 2.45) is 5.84 Å². The summed E-state index contributed by atoms with van der Waals surface area (Å²) in [7, 11) is 0. The molecule has 1 amide bonds. The molecule has 0 unspecified atom stereocenters. The number of aromatic nitrogens is 3. The first kappa shape index (κ1) is 12.9. The number of hydrazine groups is 1. The normalized spacial score (nSPS) is 9.95. The number of amides is 1. The molecular weight excluding hydrogens is 244 g/mol. The van der Waals surface area contributed by atoms with Gasteiger partial charge in [-0.2, -0.15) is 0 Å². The number of nitrogens with one attached hydrogen (secondary N) is 2. The van der Waals surface area contributed by atoms with Gasteiger partial charge in [0.15, 0.2) is 5.82 Å². The zero-order valence-corrected chi connectivity index (χ0v) is 10.2. The predicted octanol–water partition coefficient (Wildman–Crippen LogP) is 0.130. The second-order valence-corrected chi connectivity index (χ2v) is 3.80. The Bertz CT molecular complexity index is 545. The highest BCUT2D eigenvalue weighted by Gasteiger charge is 2.07. The number of rotatable bonds is 5. The van der Waals surface area contributed by atoms with Crippen molar-refractivity contribution in [1.82, 2.24) is 20.3 Å². The van der Waals surface area contributed by atoms with Gasteiger partial charge in [-0.25, -0.2) is 10.8 Å². The Morgan fingerprint density at radius 1 is 1.21 bits per heavy atom. The van der Waals surface area contributed by atoms with Gasteiger partial charge in [0, 0.05) is 18.9 Å². The average molecular weight is 258 g/mol. The fourth-order valence-electron chi connectivity index (χ4n) is 1.51. The molecule has 4 N–H and O–H groups in total. The Kier molecular flexibility index (Phi) is 4.35. The molecular formula is C12H14N6O. The number of pyridine rings is 1. The summed E-state index contributed by atoms with van der Waals surface area (Å²) in [5, 5.41) is 2.77. The summed E-state index contributed by atoms with van der Waals surface area (Å²) in [6.45, 7) is 0.519. The smallest absolute Gasteiger partial charge is 0.271 e. The van der Waals surface area contributed by atoms with Crippen molar-refractivity contribution in [3.8, 4) is 0 Å². The summed E-state index contributed by atoms with van der Waals surface area (Å²) in [6.07, 6.45) is 7.00. The number of nitrogens with zero attached hydrogens (tertiary/aromatic N) is 3. The number of anilines is 1. The minimum atomic E-state index is -0.279. The van der Waals surface area contributed by atoms with Gasteiger partial charge in [0.2, 0.25) is 0 Å². The van der Waals surface area contributed by atoms with Gasteiger partial charge in [-0.1, -0.05) is 0 Å². The molecule has 7 nitrogen and oxygen atoms in total. The maximum absolute atomic E-state index is 11.8. The van der Waals surface area contributed by atoms with E-state index in [0.29, 0.717) is 12.4 Å². The zero-order valence-electron chi connectivity index (χ0n) is 10.2. The average Bonchev–Trinajstić information content (AvgIpc) is 2.48. The molecule has 2 aromatic rings. The van der Waals surface area contributed by atoms with Crippen LogP contribution in [0.3, 0.4) is 0 Å². The van der Waals surface area contributed by atoms with Crippen LogP contribution in [0, 0.1) is 0 Å². The molecule has 19 heavy (non-hydrogen) atoms. The molecule has 0 bridgehead atoms. The Labute approximate surface area is 110 Å². The fourth-order valence-corrected chi connectivity index (χ4v) is 1.51. The third kappa shape index (κ3) is 3.71. The van der Waals surface area contributed by atoms with E-state index in [4.69, 9.17) is 5.84 Å². The summed E-state index contributed by atoms with van der Waals surface area (Å²) < 4.78 is 0. The van der Waals surface area contributed by atoms with Crippen LogP contribution >= 0.6 is 0 Å². The zero-order chi connectivity index (χ0) is 13.5. The van der Waals surface area contributed by atoms with E-state index < -0.39 is 0 Å². The first-order valence-corrected chi connectivity index (χ1v) is 5.75. The van der Waals surface area contributed by atoms with Crippen LogP contribution in [0.2, 0.25) is 0 Å². The quantitative estimate of drug-likeness (QED) is 0.520.